The van der Waals surface area contributed by atoms with Crippen LogP contribution in [0, 0.1) is 0 Å². The molecule has 0 unspecified atom stereocenters. The number of hydrogen-bond acceptors (Lipinski definition) is 7. The first-order chi connectivity index (χ1) is 16.1. The molecule has 0 amide bonds. The zero-order chi connectivity index (χ0) is 24.1. The maximum Gasteiger partial charge on any atom is 0.123 e. The summed E-state index contributed by atoms with van der Waals surface area (Å²) in [5.74, 6) is 1.53. The van der Waals surface area contributed by atoms with E-state index >= 15 is 0 Å². The van der Waals surface area contributed by atoms with E-state index in [9.17, 15) is 0 Å². The number of morpholine rings is 1. The molecule has 2 heterocycles. The molecule has 2 saturated heterocycles. The third-order valence-electron chi connectivity index (χ3n) is 5.50. The Kier molecular flexibility index (Phi) is 11.1. The van der Waals surface area contributed by atoms with Crippen LogP contribution in [-0.2, 0) is 4.74 Å². The van der Waals surface area contributed by atoms with Crippen molar-refractivity contribution in [2.24, 2.45) is 16.5 Å². The van der Waals surface area contributed by atoms with Crippen LogP contribution in [0.4, 0.5) is 0 Å². The maximum atomic E-state index is 6.71. The second-order valence-corrected chi connectivity index (χ2v) is 7.53. The third kappa shape index (κ3) is 7.71. The van der Waals surface area contributed by atoms with Crippen LogP contribution in [0.5, 0.6) is 0 Å². The van der Waals surface area contributed by atoms with Crippen LogP contribution in [0.3, 0.4) is 0 Å². The maximum absolute atomic E-state index is 6.71. The summed E-state index contributed by atoms with van der Waals surface area (Å²) >= 11 is 0. The molecule has 0 bridgehead atoms. The van der Waals surface area contributed by atoms with Gasteiger partial charge in [0.05, 0.1) is 18.9 Å². The average Bonchev–Trinajstić information content (AvgIpc) is 2.89. The van der Waals surface area contributed by atoms with E-state index in [4.69, 9.17) is 16.2 Å². The number of benzene rings is 1. The van der Waals surface area contributed by atoms with Crippen molar-refractivity contribution in [2.75, 3.05) is 52.5 Å². The first-order valence-electron chi connectivity index (χ1n) is 11.8. The second-order valence-electron chi connectivity index (χ2n) is 7.53. The van der Waals surface area contributed by atoms with Gasteiger partial charge in [0.25, 0.3) is 0 Å². The van der Waals surface area contributed by atoms with Crippen molar-refractivity contribution in [1.29, 1.82) is 0 Å². The molecule has 0 saturated carbocycles. The number of aliphatic imine (C=N–C) groups is 1. The van der Waals surface area contributed by atoms with E-state index in [1.165, 1.54) is 0 Å². The Balaban J connectivity index is 0.00000187. The van der Waals surface area contributed by atoms with Crippen LogP contribution < -0.4 is 11.5 Å². The van der Waals surface area contributed by atoms with E-state index in [1.807, 2.05) is 69.3 Å². The minimum Gasteiger partial charge on any atom is -0.398 e. The molecule has 2 aliphatic heterocycles. The van der Waals surface area contributed by atoms with Crippen LogP contribution in [0.15, 0.2) is 77.5 Å². The lowest BCUT2D eigenvalue weighted by molar-refractivity contribution is 0.0532. The quantitative estimate of drug-likeness (QED) is 0.488. The zero-order valence-corrected chi connectivity index (χ0v) is 20.4. The SMILES string of the molecule is C=C(/N=C\C=C/C)N1CCN(/C(N)=C(/C=C(\N)c2ccccc2)N2CCOCC2)CC1.CC. The molecule has 7 heteroatoms. The monoisotopic (exact) mass is 452 g/mol. The van der Waals surface area contributed by atoms with Gasteiger partial charge in [-0.3, -0.25) is 0 Å². The number of hydrogen-bond donors (Lipinski definition) is 2. The van der Waals surface area contributed by atoms with Gasteiger partial charge in [-0.15, -0.1) is 0 Å². The van der Waals surface area contributed by atoms with Gasteiger partial charge in [0, 0.05) is 51.2 Å². The van der Waals surface area contributed by atoms with Crippen molar-refractivity contribution < 1.29 is 4.74 Å². The first kappa shape index (κ1) is 26.1. The fourth-order valence-corrected chi connectivity index (χ4v) is 3.66. The van der Waals surface area contributed by atoms with Crippen LogP contribution in [0.2, 0.25) is 0 Å². The van der Waals surface area contributed by atoms with Crippen molar-refractivity contribution in [1.82, 2.24) is 14.7 Å². The Hall–Kier alpha value is -3.19. The molecular formula is C26H40N6O. The van der Waals surface area contributed by atoms with Crippen molar-refractivity contribution in [2.45, 2.75) is 20.8 Å². The first-order valence-corrected chi connectivity index (χ1v) is 11.8. The van der Waals surface area contributed by atoms with Crippen LogP contribution in [0.1, 0.15) is 26.3 Å². The molecule has 4 N–H and O–H groups in total. The minimum absolute atomic E-state index is 0.688. The Morgan fingerprint density at radius 3 is 2.15 bits per heavy atom. The van der Waals surface area contributed by atoms with Gasteiger partial charge in [-0.25, -0.2) is 4.99 Å². The van der Waals surface area contributed by atoms with Gasteiger partial charge in [0.15, 0.2) is 0 Å². The molecular weight excluding hydrogens is 412 g/mol. The van der Waals surface area contributed by atoms with Gasteiger partial charge >= 0.3 is 0 Å². The normalized spacial score (nSPS) is 18.3. The van der Waals surface area contributed by atoms with E-state index in [0.29, 0.717) is 18.9 Å². The molecule has 0 spiro atoms. The van der Waals surface area contributed by atoms with Crippen molar-refractivity contribution in [3.05, 3.63) is 78.0 Å². The highest BCUT2D eigenvalue weighted by atomic mass is 16.5. The molecule has 2 aliphatic rings. The predicted octanol–water partition coefficient (Wildman–Crippen LogP) is 3.21. The summed E-state index contributed by atoms with van der Waals surface area (Å²) in [7, 11) is 0. The number of rotatable bonds is 7. The molecule has 180 valence electrons. The van der Waals surface area contributed by atoms with Crippen LogP contribution in [-0.4, -0.2) is 73.4 Å². The highest BCUT2D eigenvalue weighted by Gasteiger charge is 2.23. The smallest absolute Gasteiger partial charge is 0.123 e. The largest absolute Gasteiger partial charge is 0.398 e. The molecule has 33 heavy (non-hydrogen) atoms. The van der Waals surface area contributed by atoms with Crippen LogP contribution in [0.25, 0.3) is 5.70 Å². The summed E-state index contributed by atoms with van der Waals surface area (Å²) in [6, 6.07) is 9.99. The van der Waals surface area contributed by atoms with Gasteiger partial charge in [0.1, 0.15) is 11.6 Å². The molecule has 3 rings (SSSR count). The average molecular weight is 453 g/mol. The summed E-state index contributed by atoms with van der Waals surface area (Å²) in [4.78, 5) is 11.1. The molecule has 7 nitrogen and oxygen atoms in total. The number of nitrogens with zero attached hydrogens (tertiary/aromatic N) is 4. The topological polar surface area (TPSA) is 83.3 Å². The van der Waals surface area contributed by atoms with Crippen molar-refractivity contribution in [3.8, 4) is 0 Å². The molecule has 1 aromatic rings. The number of allylic oxidation sites excluding steroid dienone is 3. The van der Waals surface area contributed by atoms with Gasteiger partial charge in [0.2, 0.25) is 0 Å². The summed E-state index contributed by atoms with van der Waals surface area (Å²) < 4.78 is 5.54. The fraction of sp³-hybridized carbons (Fsp3) is 0.423. The minimum atomic E-state index is 0.688. The van der Waals surface area contributed by atoms with E-state index in [0.717, 1.165) is 62.2 Å². The third-order valence-corrected chi connectivity index (χ3v) is 5.50. The lowest BCUT2D eigenvalue weighted by Crippen LogP contribution is -2.48. The second kappa shape index (κ2) is 14.1. The Labute approximate surface area is 199 Å². The molecule has 0 radical (unpaired) electrons. The molecule has 0 atom stereocenters. The number of piperazine rings is 1. The van der Waals surface area contributed by atoms with Crippen LogP contribution >= 0.6 is 0 Å². The van der Waals surface area contributed by atoms with Gasteiger partial charge in [-0.2, -0.15) is 0 Å². The summed E-state index contributed by atoms with van der Waals surface area (Å²) in [5, 5.41) is 0. The zero-order valence-electron chi connectivity index (χ0n) is 20.4. The van der Waals surface area contributed by atoms with Gasteiger partial charge in [-0.05, 0) is 24.6 Å². The molecule has 2 fully saturated rings. The highest BCUT2D eigenvalue weighted by molar-refractivity contribution is 5.71. The molecule has 0 aromatic heterocycles. The predicted molar refractivity (Wildman–Crippen MR) is 139 cm³/mol. The van der Waals surface area contributed by atoms with E-state index in [1.54, 1.807) is 6.21 Å². The fourth-order valence-electron chi connectivity index (χ4n) is 3.66. The number of nitrogens with two attached hydrogens (primary N) is 2. The Morgan fingerprint density at radius 1 is 0.939 bits per heavy atom. The van der Waals surface area contributed by atoms with E-state index in [-0.39, 0.29) is 0 Å². The van der Waals surface area contributed by atoms with E-state index < -0.39 is 0 Å². The van der Waals surface area contributed by atoms with Gasteiger partial charge in [-0.1, -0.05) is 56.8 Å². The molecule has 1 aromatic carbocycles. The lowest BCUT2D eigenvalue weighted by Gasteiger charge is -2.39. The molecule has 0 aliphatic carbocycles. The summed E-state index contributed by atoms with van der Waals surface area (Å²) in [5.41, 5.74) is 15.8. The number of ether oxygens (including phenoxy) is 1. The van der Waals surface area contributed by atoms with E-state index in [2.05, 4.69) is 26.3 Å². The highest BCUT2D eigenvalue weighted by Crippen LogP contribution is 2.20. The summed E-state index contributed by atoms with van der Waals surface area (Å²) in [6.07, 6.45) is 7.63. The standard InChI is InChI=1S/C24H34N6O.C2H6/c1-3-4-10-27-20(2)28-11-13-30(14-12-28)24(26)23(29-15-17-31-18-16-29)19-22(25)21-8-6-5-7-9-21;1-2/h3-10,19H,2,11-18,25-26H2,1H3;1-2H3/b4-3-,22-19-,24-23-,27-10-;. The van der Waals surface area contributed by atoms with Crippen molar-refractivity contribution in [3.63, 3.8) is 0 Å². The van der Waals surface area contributed by atoms with Gasteiger partial charge < -0.3 is 30.9 Å². The van der Waals surface area contributed by atoms with Crippen molar-refractivity contribution >= 4 is 11.9 Å². The lowest BCUT2D eigenvalue weighted by atomic mass is 10.1. The Bertz CT molecular complexity index is 845. The Morgan fingerprint density at radius 2 is 1.55 bits per heavy atom. The summed E-state index contributed by atoms with van der Waals surface area (Å²) in [6.45, 7) is 16.3.